The zero-order valence-electron chi connectivity index (χ0n) is 14.9. The first-order valence-corrected chi connectivity index (χ1v) is 11.2. The highest BCUT2D eigenvalue weighted by Crippen LogP contribution is 2.31. The molecule has 1 amide bonds. The molecule has 0 unspecified atom stereocenters. The Hall–Kier alpha value is -1.58. The number of thioether (sulfide) groups is 2. The summed E-state index contributed by atoms with van der Waals surface area (Å²) in [6.45, 7) is 6.74. The van der Waals surface area contributed by atoms with Crippen LogP contribution in [0.15, 0.2) is 33.8 Å². The SMILES string of the molecule is CCn1c(CSc2nc3ccccc3s2)nnc1SCC(=O)NC(C)C. The van der Waals surface area contributed by atoms with Crippen LogP contribution in [0.5, 0.6) is 0 Å². The summed E-state index contributed by atoms with van der Waals surface area (Å²) in [7, 11) is 0. The Kier molecular flexibility index (Phi) is 6.55. The molecular formula is C17H21N5OS3. The van der Waals surface area contributed by atoms with E-state index in [2.05, 4.69) is 38.1 Å². The number of fused-ring (bicyclic) bond motifs is 1. The van der Waals surface area contributed by atoms with Gasteiger partial charge < -0.3 is 9.88 Å². The van der Waals surface area contributed by atoms with Gasteiger partial charge in [0.2, 0.25) is 5.91 Å². The minimum atomic E-state index is 0.0149. The van der Waals surface area contributed by atoms with E-state index in [1.165, 1.54) is 16.5 Å². The van der Waals surface area contributed by atoms with Gasteiger partial charge in [0.25, 0.3) is 0 Å². The average molecular weight is 408 g/mol. The number of nitrogens with one attached hydrogen (secondary N) is 1. The van der Waals surface area contributed by atoms with E-state index in [4.69, 9.17) is 0 Å². The zero-order chi connectivity index (χ0) is 18.5. The van der Waals surface area contributed by atoms with Gasteiger partial charge in [-0.15, -0.1) is 21.5 Å². The molecule has 138 valence electrons. The highest BCUT2D eigenvalue weighted by atomic mass is 32.2. The number of nitrogens with zero attached hydrogens (tertiary/aromatic N) is 4. The van der Waals surface area contributed by atoms with Crippen molar-refractivity contribution in [2.24, 2.45) is 0 Å². The highest BCUT2D eigenvalue weighted by Gasteiger charge is 2.14. The quantitative estimate of drug-likeness (QED) is 0.572. The first-order valence-electron chi connectivity index (χ1n) is 8.39. The number of benzene rings is 1. The fourth-order valence-electron chi connectivity index (χ4n) is 2.38. The molecule has 0 atom stereocenters. The summed E-state index contributed by atoms with van der Waals surface area (Å²) in [6, 6.07) is 8.29. The second-order valence-electron chi connectivity index (χ2n) is 5.89. The molecule has 3 rings (SSSR count). The molecule has 0 spiro atoms. The van der Waals surface area contributed by atoms with Crippen molar-refractivity contribution in [2.75, 3.05) is 5.75 Å². The Bertz CT molecular complexity index is 857. The maximum Gasteiger partial charge on any atom is 0.230 e. The van der Waals surface area contributed by atoms with Crippen molar-refractivity contribution in [3.05, 3.63) is 30.1 Å². The van der Waals surface area contributed by atoms with E-state index in [1.54, 1.807) is 23.1 Å². The number of para-hydroxylation sites is 1. The van der Waals surface area contributed by atoms with Crippen LogP contribution in [-0.2, 0) is 17.1 Å². The molecule has 0 radical (unpaired) electrons. The second kappa shape index (κ2) is 8.88. The van der Waals surface area contributed by atoms with Gasteiger partial charge in [0.15, 0.2) is 9.50 Å². The number of aromatic nitrogens is 4. The number of rotatable bonds is 8. The molecule has 0 fully saturated rings. The summed E-state index contributed by atoms with van der Waals surface area (Å²) in [5, 5.41) is 12.2. The molecule has 0 bridgehead atoms. The minimum absolute atomic E-state index is 0.0149. The van der Waals surface area contributed by atoms with E-state index in [0.29, 0.717) is 11.5 Å². The molecule has 26 heavy (non-hydrogen) atoms. The molecule has 1 N–H and O–H groups in total. The van der Waals surface area contributed by atoms with Crippen LogP contribution in [0.4, 0.5) is 0 Å². The first kappa shape index (κ1) is 19.2. The number of hydrogen-bond acceptors (Lipinski definition) is 7. The van der Waals surface area contributed by atoms with Crippen LogP contribution in [0, 0.1) is 0 Å². The second-order valence-corrected chi connectivity index (χ2v) is 9.09. The van der Waals surface area contributed by atoms with Crippen LogP contribution in [0.25, 0.3) is 10.2 Å². The van der Waals surface area contributed by atoms with Crippen molar-refractivity contribution in [1.29, 1.82) is 0 Å². The van der Waals surface area contributed by atoms with Gasteiger partial charge >= 0.3 is 0 Å². The number of carbonyl (C=O) groups excluding carboxylic acids is 1. The van der Waals surface area contributed by atoms with Crippen molar-refractivity contribution in [1.82, 2.24) is 25.1 Å². The topological polar surface area (TPSA) is 72.7 Å². The summed E-state index contributed by atoms with van der Waals surface area (Å²) < 4.78 is 4.29. The van der Waals surface area contributed by atoms with E-state index in [0.717, 1.165) is 27.4 Å². The summed E-state index contributed by atoms with van der Waals surface area (Å²) in [6.07, 6.45) is 0. The van der Waals surface area contributed by atoms with Gasteiger partial charge in [0.1, 0.15) is 5.82 Å². The molecule has 0 aliphatic rings. The van der Waals surface area contributed by atoms with Crippen LogP contribution < -0.4 is 5.32 Å². The monoisotopic (exact) mass is 407 g/mol. The predicted octanol–water partition coefficient (Wildman–Crippen LogP) is 3.82. The first-order chi connectivity index (χ1) is 12.6. The Morgan fingerprint density at radius 2 is 2.08 bits per heavy atom. The number of thiazole rings is 1. The fraction of sp³-hybridized carbons (Fsp3) is 0.412. The molecule has 9 heteroatoms. The molecule has 1 aromatic carbocycles. The van der Waals surface area contributed by atoms with Gasteiger partial charge in [0.05, 0.1) is 21.7 Å². The van der Waals surface area contributed by atoms with E-state index >= 15 is 0 Å². The smallest absolute Gasteiger partial charge is 0.230 e. The van der Waals surface area contributed by atoms with Crippen molar-refractivity contribution in [2.45, 2.75) is 48.6 Å². The molecule has 0 saturated heterocycles. The normalized spacial score (nSPS) is 11.4. The lowest BCUT2D eigenvalue weighted by Crippen LogP contribution is -2.31. The lowest BCUT2D eigenvalue weighted by Gasteiger charge is -2.09. The lowest BCUT2D eigenvalue weighted by molar-refractivity contribution is -0.119. The van der Waals surface area contributed by atoms with Crippen molar-refractivity contribution >= 4 is 51.0 Å². The molecule has 0 saturated carbocycles. The molecular weight excluding hydrogens is 386 g/mol. The lowest BCUT2D eigenvalue weighted by atomic mass is 10.3. The van der Waals surface area contributed by atoms with Crippen molar-refractivity contribution in [3.63, 3.8) is 0 Å². The molecule has 0 aliphatic carbocycles. The van der Waals surface area contributed by atoms with Crippen molar-refractivity contribution in [3.8, 4) is 0 Å². The largest absolute Gasteiger partial charge is 0.353 e. The maximum atomic E-state index is 11.8. The zero-order valence-corrected chi connectivity index (χ0v) is 17.4. The molecule has 6 nitrogen and oxygen atoms in total. The minimum Gasteiger partial charge on any atom is -0.353 e. The van der Waals surface area contributed by atoms with E-state index < -0.39 is 0 Å². The maximum absolute atomic E-state index is 11.8. The van der Waals surface area contributed by atoms with Gasteiger partial charge in [-0.3, -0.25) is 4.79 Å². The molecule has 2 aromatic heterocycles. The van der Waals surface area contributed by atoms with E-state index in [1.807, 2.05) is 32.0 Å². The van der Waals surface area contributed by atoms with Crippen LogP contribution in [0.1, 0.15) is 26.6 Å². The standard InChI is InChI=1S/C17H21N5OS3/c1-4-22-14(20-21-16(22)24-10-15(23)18-11(2)3)9-25-17-19-12-7-5-6-8-13(12)26-17/h5-8,11H,4,9-10H2,1-3H3,(H,18,23). The Morgan fingerprint density at radius 1 is 1.27 bits per heavy atom. The third kappa shape index (κ3) is 4.77. The molecule has 0 aliphatic heterocycles. The van der Waals surface area contributed by atoms with Gasteiger partial charge in [-0.25, -0.2) is 4.98 Å². The molecule has 2 heterocycles. The summed E-state index contributed by atoms with van der Waals surface area (Å²) in [5.41, 5.74) is 1.03. The third-order valence-electron chi connectivity index (χ3n) is 3.49. The highest BCUT2D eigenvalue weighted by molar-refractivity contribution is 8.00. The van der Waals surface area contributed by atoms with Gasteiger partial charge in [0, 0.05) is 12.6 Å². The average Bonchev–Trinajstić information content (AvgIpc) is 3.20. The Balaban J connectivity index is 1.63. The van der Waals surface area contributed by atoms with Crippen molar-refractivity contribution < 1.29 is 4.79 Å². The van der Waals surface area contributed by atoms with Gasteiger partial charge in [-0.05, 0) is 32.9 Å². The predicted molar refractivity (Wildman–Crippen MR) is 109 cm³/mol. The number of carbonyl (C=O) groups is 1. The van der Waals surface area contributed by atoms with Gasteiger partial charge in [-0.1, -0.05) is 35.7 Å². The molecule has 3 aromatic rings. The van der Waals surface area contributed by atoms with E-state index in [-0.39, 0.29) is 11.9 Å². The third-order valence-corrected chi connectivity index (χ3v) is 6.63. The number of hydrogen-bond donors (Lipinski definition) is 1. The summed E-state index contributed by atoms with van der Waals surface area (Å²) in [4.78, 5) is 16.5. The summed E-state index contributed by atoms with van der Waals surface area (Å²) in [5.74, 6) is 1.98. The van der Waals surface area contributed by atoms with Crippen LogP contribution in [-0.4, -0.2) is 37.5 Å². The van der Waals surface area contributed by atoms with Crippen LogP contribution >= 0.6 is 34.9 Å². The fourth-order valence-corrected chi connectivity index (χ4v) is 5.22. The van der Waals surface area contributed by atoms with E-state index in [9.17, 15) is 4.79 Å². The van der Waals surface area contributed by atoms with Crippen LogP contribution in [0.3, 0.4) is 0 Å². The Labute approximate surface area is 165 Å². The van der Waals surface area contributed by atoms with Gasteiger partial charge in [-0.2, -0.15) is 0 Å². The Morgan fingerprint density at radius 3 is 2.81 bits per heavy atom. The summed E-state index contributed by atoms with van der Waals surface area (Å²) >= 11 is 4.79. The number of amides is 1. The van der Waals surface area contributed by atoms with Crippen LogP contribution in [0.2, 0.25) is 0 Å².